The summed E-state index contributed by atoms with van der Waals surface area (Å²) in [7, 11) is 0. The quantitative estimate of drug-likeness (QED) is 0.563. The number of carbonyl (C=O) groups is 1. The van der Waals surface area contributed by atoms with Crippen molar-refractivity contribution in [2.45, 2.75) is 6.04 Å². The second-order valence-electron chi connectivity index (χ2n) is 2.32. The average molecular weight is 167 g/mol. The number of nitrogens with zero attached hydrogens (tertiary/aromatic N) is 1. The predicted molar refractivity (Wildman–Crippen MR) is 43.2 cm³/mol. The van der Waals surface area contributed by atoms with Crippen molar-refractivity contribution in [3.63, 3.8) is 0 Å². The van der Waals surface area contributed by atoms with E-state index in [0.717, 1.165) is 0 Å². The molecule has 0 aliphatic heterocycles. The Morgan fingerprint density at radius 2 is 2.33 bits per heavy atom. The van der Waals surface area contributed by atoms with Crippen LogP contribution in [0.15, 0.2) is 18.5 Å². The molecule has 1 heterocycles. The van der Waals surface area contributed by atoms with Crippen LogP contribution in [0.2, 0.25) is 0 Å². The molecule has 1 atom stereocenters. The topological polar surface area (TPSA) is 102 Å². The van der Waals surface area contributed by atoms with E-state index in [1.165, 1.54) is 18.5 Å². The number of aliphatic carboxylic acids is 1. The lowest BCUT2D eigenvalue weighted by atomic mass is 10.1. The molecule has 1 unspecified atom stereocenters. The van der Waals surface area contributed by atoms with Crippen LogP contribution in [0.3, 0.4) is 0 Å². The third-order valence-corrected chi connectivity index (χ3v) is 1.49. The molecule has 0 saturated heterocycles. The molecule has 0 bridgehead atoms. The van der Waals surface area contributed by atoms with Crippen LogP contribution in [-0.2, 0) is 4.79 Å². The van der Waals surface area contributed by atoms with Crippen molar-refractivity contribution in [3.8, 4) is 0 Å². The third-order valence-electron chi connectivity index (χ3n) is 1.49. The zero-order valence-corrected chi connectivity index (χ0v) is 6.27. The van der Waals surface area contributed by atoms with Gasteiger partial charge in [0, 0.05) is 11.8 Å². The molecule has 0 spiro atoms. The number of anilines is 1. The molecule has 0 saturated carbocycles. The molecule has 1 aromatic heterocycles. The number of rotatable bonds is 2. The summed E-state index contributed by atoms with van der Waals surface area (Å²) in [6, 6.07) is 0.418. The minimum absolute atomic E-state index is 0.299. The van der Waals surface area contributed by atoms with Crippen molar-refractivity contribution in [2.24, 2.45) is 5.73 Å². The van der Waals surface area contributed by atoms with Crippen LogP contribution < -0.4 is 11.5 Å². The Labute approximate surface area is 69.0 Å². The second kappa shape index (κ2) is 3.19. The van der Waals surface area contributed by atoms with E-state index >= 15 is 0 Å². The molecule has 12 heavy (non-hydrogen) atoms. The van der Waals surface area contributed by atoms with Gasteiger partial charge in [0.05, 0.1) is 11.9 Å². The van der Waals surface area contributed by atoms with Crippen LogP contribution in [0.25, 0.3) is 0 Å². The number of nitrogen functional groups attached to an aromatic ring is 1. The highest BCUT2D eigenvalue weighted by Gasteiger charge is 2.16. The maximum Gasteiger partial charge on any atom is 0.325 e. The molecule has 0 fully saturated rings. The number of aromatic nitrogens is 1. The van der Waals surface area contributed by atoms with E-state index in [1.807, 2.05) is 0 Å². The Balaban J connectivity index is 3.02. The summed E-state index contributed by atoms with van der Waals surface area (Å²) in [5.41, 5.74) is 11.5. The van der Waals surface area contributed by atoms with Crippen LogP contribution in [-0.4, -0.2) is 16.1 Å². The first-order valence-electron chi connectivity index (χ1n) is 3.30. The minimum atomic E-state index is -1.10. The Hall–Kier alpha value is -1.62. The van der Waals surface area contributed by atoms with Crippen LogP contribution >= 0.6 is 0 Å². The number of pyridine rings is 1. The van der Waals surface area contributed by atoms with Gasteiger partial charge < -0.3 is 16.6 Å². The van der Waals surface area contributed by atoms with Crippen LogP contribution in [0.1, 0.15) is 11.6 Å². The van der Waals surface area contributed by atoms with Gasteiger partial charge in [0.1, 0.15) is 6.04 Å². The Kier molecular flexibility index (Phi) is 2.25. The van der Waals surface area contributed by atoms with Crippen LogP contribution in [0.5, 0.6) is 0 Å². The fourth-order valence-electron chi connectivity index (χ4n) is 0.834. The normalized spacial score (nSPS) is 12.4. The Bertz CT molecular complexity index is 300. The van der Waals surface area contributed by atoms with E-state index in [0.29, 0.717) is 11.3 Å². The molecule has 1 aromatic rings. The largest absolute Gasteiger partial charge is 0.480 e. The molecule has 64 valence electrons. The molecule has 0 radical (unpaired) electrons. The average Bonchev–Trinajstić information content (AvgIpc) is 2.04. The van der Waals surface area contributed by atoms with Gasteiger partial charge in [0.25, 0.3) is 0 Å². The highest BCUT2D eigenvalue weighted by molar-refractivity contribution is 5.77. The number of hydrogen-bond donors (Lipinski definition) is 3. The first-order valence-corrected chi connectivity index (χ1v) is 3.30. The maximum absolute atomic E-state index is 10.5. The number of nitrogens with two attached hydrogens (primary N) is 2. The molecule has 5 N–H and O–H groups in total. The lowest BCUT2D eigenvalue weighted by molar-refractivity contribution is -0.138. The van der Waals surface area contributed by atoms with E-state index < -0.39 is 12.0 Å². The van der Waals surface area contributed by atoms with Gasteiger partial charge in [0.15, 0.2) is 0 Å². The van der Waals surface area contributed by atoms with Crippen molar-refractivity contribution < 1.29 is 9.90 Å². The van der Waals surface area contributed by atoms with Gasteiger partial charge in [-0.2, -0.15) is 0 Å². The highest BCUT2D eigenvalue weighted by Crippen LogP contribution is 2.16. The van der Waals surface area contributed by atoms with Crippen LogP contribution in [0.4, 0.5) is 5.69 Å². The summed E-state index contributed by atoms with van der Waals surface area (Å²) in [6.45, 7) is 0. The second-order valence-corrected chi connectivity index (χ2v) is 2.32. The van der Waals surface area contributed by atoms with E-state index in [4.69, 9.17) is 16.6 Å². The van der Waals surface area contributed by atoms with Gasteiger partial charge in [0.2, 0.25) is 0 Å². The van der Waals surface area contributed by atoms with E-state index in [1.54, 1.807) is 0 Å². The van der Waals surface area contributed by atoms with Crippen molar-refractivity contribution in [2.75, 3.05) is 5.73 Å². The molecule has 0 aliphatic carbocycles. The molecule has 5 nitrogen and oxygen atoms in total. The molecule has 0 aliphatic rings. The van der Waals surface area contributed by atoms with Gasteiger partial charge >= 0.3 is 5.97 Å². The molecular formula is C7H9N3O2. The SMILES string of the molecule is Nc1cnccc1C(N)C(=O)O. The molecule has 5 heteroatoms. The summed E-state index contributed by atoms with van der Waals surface area (Å²) >= 11 is 0. The standard InChI is InChI=1S/C7H9N3O2/c8-5-3-10-2-1-4(5)6(9)7(11)12/h1-3,6H,8-9H2,(H,11,12). The predicted octanol–water partition coefficient (Wildman–Crippen LogP) is -0.252. The minimum Gasteiger partial charge on any atom is -0.480 e. The third kappa shape index (κ3) is 1.51. The highest BCUT2D eigenvalue weighted by atomic mass is 16.4. The lowest BCUT2D eigenvalue weighted by Crippen LogP contribution is -2.21. The smallest absolute Gasteiger partial charge is 0.325 e. The van der Waals surface area contributed by atoms with Gasteiger partial charge in [-0.1, -0.05) is 0 Å². The Morgan fingerprint density at radius 1 is 1.67 bits per heavy atom. The summed E-state index contributed by atoms with van der Waals surface area (Å²) in [5, 5.41) is 8.56. The molecular weight excluding hydrogens is 158 g/mol. The molecule has 0 aromatic carbocycles. The summed E-state index contributed by atoms with van der Waals surface area (Å²) in [6.07, 6.45) is 2.83. The van der Waals surface area contributed by atoms with Gasteiger partial charge in [-0.15, -0.1) is 0 Å². The summed E-state index contributed by atoms with van der Waals surface area (Å²) in [5.74, 6) is -1.10. The van der Waals surface area contributed by atoms with Crippen molar-refractivity contribution >= 4 is 11.7 Å². The van der Waals surface area contributed by atoms with E-state index in [9.17, 15) is 4.79 Å². The van der Waals surface area contributed by atoms with Crippen molar-refractivity contribution in [1.29, 1.82) is 0 Å². The summed E-state index contributed by atoms with van der Waals surface area (Å²) < 4.78 is 0. The van der Waals surface area contributed by atoms with E-state index in [2.05, 4.69) is 4.98 Å². The monoisotopic (exact) mass is 167 g/mol. The number of carboxylic acid groups (broad SMARTS) is 1. The zero-order valence-electron chi connectivity index (χ0n) is 6.27. The maximum atomic E-state index is 10.5. The van der Waals surface area contributed by atoms with E-state index in [-0.39, 0.29) is 0 Å². The zero-order chi connectivity index (χ0) is 9.14. The van der Waals surface area contributed by atoms with Crippen LogP contribution in [0, 0.1) is 0 Å². The molecule has 1 rings (SSSR count). The Morgan fingerprint density at radius 3 is 2.83 bits per heavy atom. The van der Waals surface area contributed by atoms with Gasteiger partial charge in [-0.05, 0) is 6.07 Å². The lowest BCUT2D eigenvalue weighted by Gasteiger charge is -2.08. The fraction of sp³-hybridized carbons (Fsp3) is 0.143. The van der Waals surface area contributed by atoms with Crippen molar-refractivity contribution in [1.82, 2.24) is 4.98 Å². The molecule has 0 amide bonds. The summed E-state index contributed by atoms with van der Waals surface area (Å²) in [4.78, 5) is 14.2. The first kappa shape index (κ1) is 8.48. The number of hydrogen-bond acceptors (Lipinski definition) is 4. The van der Waals surface area contributed by atoms with Crippen molar-refractivity contribution in [3.05, 3.63) is 24.0 Å². The fourth-order valence-corrected chi connectivity index (χ4v) is 0.834. The van der Waals surface area contributed by atoms with Gasteiger partial charge in [-0.25, -0.2) is 0 Å². The number of carboxylic acids is 1. The van der Waals surface area contributed by atoms with Gasteiger partial charge in [-0.3, -0.25) is 9.78 Å². The first-order chi connectivity index (χ1) is 5.63.